The van der Waals surface area contributed by atoms with E-state index in [1.165, 1.54) is 48.8 Å². The van der Waals surface area contributed by atoms with Crippen molar-refractivity contribution in [2.75, 3.05) is 0 Å². The number of nitrogens with one attached hydrogen (secondary N) is 2. The zero-order chi connectivity index (χ0) is 25.3. The molecule has 4 aromatic heterocycles. The van der Waals surface area contributed by atoms with Crippen molar-refractivity contribution in [2.45, 2.75) is 44.9 Å². The summed E-state index contributed by atoms with van der Waals surface area (Å²) in [6.45, 7) is 0. The predicted octanol–water partition coefficient (Wildman–Crippen LogP) is 7.86. The van der Waals surface area contributed by atoms with E-state index in [2.05, 4.69) is 68.3 Å². The van der Waals surface area contributed by atoms with Gasteiger partial charge in [0.15, 0.2) is 0 Å². The van der Waals surface area contributed by atoms with Crippen LogP contribution in [0, 0.1) is 17.8 Å². The fourth-order valence-corrected chi connectivity index (χ4v) is 5.96. The van der Waals surface area contributed by atoms with Crippen LogP contribution in [0.5, 0.6) is 0 Å². The standard InChI is InChI=1S/C33H29N5/c1-2-6-22(7-3-1)18-23-8-4-5-9-25(19-23)26-10-11-30-29(20-26)32(38-37-30)31-21-28-27(14-17-35-33(28)36-31)24-12-15-34-16-13-24/h9-17,19-22H,1-3,5-7,18H2,(H,35,36)(H,37,38). The molecule has 0 saturated heterocycles. The molecule has 1 aromatic carbocycles. The van der Waals surface area contributed by atoms with Crippen molar-refractivity contribution < 1.29 is 0 Å². The van der Waals surface area contributed by atoms with Crippen molar-refractivity contribution in [2.24, 2.45) is 5.92 Å². The van der Waals surface area contributed by atoms with E-state index in [-0.39, 0.29) is 0 Å². The lowest BCUT2D eigenvalue weighted by atomic mass is 9.84. The molecule has 186 valence electrons. The van der Waals surface area contributed by atoms with Gasteiger partial charge in [0.1, 0.15) is 11.3 Å². The molecule has 0 atom stereocenters. The van der Waals surface area contributed by atoms with E-state index < -0.39 is 0 Å². The third-order valence-corrected chi connectivity index (χ3v) is 7.91. The number of rotatable bonds is 5. The van der Waals surface area contributed by atoms with Crippen molar-refractivity contribution in [3.8, 4) is 34.4 Å². The summed E-state index contributed by atoms with van der Waals surface area (Å²) in [6.07, 6.45) is 18.7. The Hall–Kier alpha value is -4.43. The van der Waals surface area contributed by atoms with Crippen molar-refractivity contribution in [1.82, 2.24) is 25.1 Å². The zero-order valence-electron chi connectivity index (χ0n) is 21.3. The maximum absolute atomic E-state index is 4.71. The average Bonchev–Trinajstić information content (AvgIpc) is 3.52. The molecule has 5 aromatic rings. The lowest BCUT2D eigenvalue weighted by molar-refractivity contribution is 0.358. The van der Waals surface area contributed by atoms with Crippen LogP contribution in [-0.2, 0) is 0 Å². The summed E-state index contributed by atoms with van der Waals surface area (Å²) in [4.78, 5) is 12.3. The van der Waals surface area contributed by atoms with Crippen LogP contribution >= 0.6 is 0 Å². The van der Waals surface area contributed by atoms with Gasteiger partial charge in [-0.25, -0.2) is 4.98 Å². The molecule has 2 aliphatic carbocycles. The van der Waals surface area contributed by atoms with Gasteiger partial charge in [0.05, 0.1) is 11.2 Å². The van der Waals surface area contributed by atoms with Gasteiger partial charge < -0.3 is 4.98 Å². The van der Waals surface area contributed by atoms with Crippen LogP contribution in [0.25, 0.3) is 50.0 Å². The van der Waals surface area contributed by atoms with Crippen molar-refractivity contribution >= 4 is 27.5 Å². The van der Waals surface area contributed by atoms with Crippen LogP contribution in [0.1, 0.15) is 50.5 Å². The molecule has 0 radical (unpaired) electrons. The molecule has 2 N–H and O–H groups in total. The summed E-state index contributed by atoms with van der Waals surface area (Å²) in [6, 6.07) is 14.8. The first-order valence-electron chi connectivity index (χ1n) is 13.6. The number of fused-ring (bicyclic) bond motifs is 2. The lowest BCUT2D eigenvalue weighted by Crippen LogP contribution is -2.06. The smallest absolute Gasteiger partial charge is 0.138 e. The summed E-state index contributed by atoms with van der Waals surface area (Å²) in [5.74, 6) is 7.59. The Kier molecular flexibility index (Phi) is 5.86. The van der Waals surface area contributed by atoms with Crippen molar-refractivity contribution in [3.63, 3.8) is 0 Å². The molecule has 1 fully saturated rings. The van der Waals surface area contributed by atoms with Crippen LogP contribution in [0.15, 0.2) is 78.8 Å². The van der Waals surface area contributed by atoms with E-state index in [9.17, 15) is 0 Å². The monoisotopic (exact) mass is 495 g/mol. The van der Waals surface area contributed by atoms with Crippen LogP contribution in [-0.4, -0.2) is 25.1 Å². The summed E-state index contributed by atoms with van der Waals surface area (Å²) in [5.41, 5.74) is 9.66. The second-order valence-electron chi connectivity index (χ2n) is 10.4. The van der Waals surface area contributed by atoms with Crippen LogP contribution in [0.3, 0.4) is 0 Å². The molecule has 0 aliphatic heterocycles. The maximum Gasteiger partial charge on any atom is 0.138 e. The van der Waals surface area contributed by atoms with E-state index >= 15 is 0 Å². The Bertz CT molecular complexity index is 1750. The van der Waals surface area contributed by atoms with Gasteiger partial charge in [-0.2, -0.15) is 5.10 Å². The van der Waals surface area contributed by atoms with Gasteiger partial charge >= 0.3 is 0 Å². The molecular weight excluding hydrogens is 466 g/mol. The largest absolute Gasteiger partial charge is 0.338 e. The minimum Gasteiger partial charge on any atom is -0.338 e. The minimum atomic E-state index is 0.777. The Morgan fingerprint density at radius 1 is 0.895 bits per heavy atom. The number of H-pyrrole nitrogens is 2. The predicted molar refractivity (Wildman–Crippen MR) is 154 cm³/mol. The highest BCUT2D eigenvalue weighted by molar-refractivity contribution is 6.00. The molecule has 0 spiro atoms. The molecule has 0 bridgehead atoms. The molecule has 4 heterocycles. The molecule has 38 heavy (non-hydrogen) atoms. The maximum atomic E-state index is 4.71. The first-order valence-corrected chi connectivity index (χ1v) is 13.6. The van der Waals surface area contributed by atoms with Gasteiger partial charge in [-0.05, 0) is 77.1 Å². The first-order chi connectivity index (χ1) is 18.8. The van der Waals surface area contributed by atoms with Gasteiger partial charge in [-0.15, -0.1) is 0 Å². The Balaban J connectivity index is 1.25. The molecule has 1 saturated carbocycles. The highest BCUT2D eigenvalue weighted by Crippen LogP contribution is 2.35. The number of aromatic amines is 2. The number of hydrogen-bond acceptors (Lipinski definition) is 3. The Labute approximate surface area is 222 Å². The molecule has 2 aliphatic rings. The average molecular weight is 496 g/mol. The third kappa shape index (κ3) is 4.33. The summed E-state index contributed by atoms with van der Waals surface area (Å²) < 4.78 is 0. The normalized spacial score (nSPS) is 16.1. The Morgan fingerprint density at radius 3 is 2.68 bits per heavy atom. The lowest BCUT2D eigenvalue weighted by Gasteiger charge is -2.21. The quantitative estimate of drug-likeness (QED) is 0.244. The number of aromatic nitrogens is 5. The van der Waals surface area contributed by atoms with E-state index in [0.717, 1.165) is 63.2 Å². The van der Waals surface area contributed by atoms with Crippen LogP contribution in [0.2, 0.25) is 0 Å². The van der Waals surface area contributed by atoms with Crippen molar-refractivity contribution in [3.05, 3.63) is 84.3 Å². The van der Waals surface area contributed by atoms with E-state index in [4.69, 9.17) is 5.10 Å². The Morgan fingerprint density at radius 2 is 1.79 bits per heavy atom. The highest BCUT2D eigenvalue weighted by atomic mass is 15.1. The second-order valence-corrected chi connectivity index (χ2v) is 10.4. The third-order valence-electron chi connectivity index (χ3n) is 7.91. The molecule has 0 unspecified atom stereocenters. The van der Waals surface area contributed by atoms with Crippen LogP contribution in [0.4, 0.5) is 0 Å². The van der Waals surface area contributed by atoms with E-state index in [0.29, 0.717) is 0 Å². The number of nitrogens with zero attached hydrogens (tertiary/aromatic N) is 3. The van der Waals surface area contributed by atoms with Crippen molar-refractivity contribution in [1.29, 1.82) is 0 Å². The topological polar surface area (TPSA) is 70.2 Å². The van der Waals surface area contributed by atoms with E-state index in [1.54, 1.807) is 0 Å². The molecule has 5 nitrogen and oxygen atoms in total. The van der Waals surface area contributed by atoms with Gasteiger partial charge in [-0.3, -0.25) is 10.1 Å². The molecule has 7 rings (SSSR count). The highest BCUT2D eigenvalue weighted by Gasteiger charge is 2.17. The first kappa shape index (κ1) is 22.7. The van der Waals surface area contributed by atoms with Gasteiger partial charge in [0, 0.05) is 41.4 Å². The number of allylic oxidation sites excluding steroid dienone is 4. The fourth-order valence-electron chi connectivity index (χ4n) is 5.96. The van der Waals surface area contributed by atoms with Gasteiger partial charge in [0.2, 0.25) is 0 Å². The summed E-state index contributed by atoms with van der Waals surface area (Å²) >= 11 is 0. The number of hydrogen-bond donors (Lipinski definition) is 2. The zero-order valence-corrected chi connectivity index (χ0v) is 21.3. The second kappa shape index (κ2) is 9.79. The van der Waals surface area contributed by atoms with Gasteiger partial charge in [0.25, 0.3) is 0 Å². The number of benzene rings is 1. The van der Waals surface area contributed by atoms with Gasteiger partial charge in [-0.1, -0.05) is 56.1 Å². The number of pyridine rings is 2. The summed E-state index contributed by atoms with van der Waals surface area (Å²) in [7, 11) is 0. The minimum absolute atomic E-state index is 0.777. The molecule has 5 heteroatoms. The SMILES string of the molecule is C1#CC(CC2CCCCC2)=CC(c2ccc3[nH]nc(-c4cc5c(-c6ccncc6)ccnc5[nH]4)c3c2)=CC1. The fraction of sp³-hybridized carbons (Fsp3) is 0.242. The summed E-state index contributed by atoms with van der Waals surface area (Å²) in [5, 5.41) is 10.1. The molecule has 0 amide bonds. The van der Waals surface area contributed by atoms with Crippen LogP contribution < -0.4 is 0 Å². The van der Waals surface area contributed by atoms with E-state index in [1.807, 2.05) is 36.8 Å². The molecular formula is C33H29N5.